The molecule has 1 amide bonds. The zero-order valence-electron chi connectivity index (χ0n) is 10.7. The maximum Gasteiger partial charge on any atom is 0.306 e. The molecule has 1 rings (SSSR count). The second-order valence-corrected chi connectivity index (χ2v) is 4.63. The summed E-state index contributed by atoms with van der Waals surface area (Å²) in [5, 5.41) is 13.2. The molecule has 0 saturated heterocycles. The normalized spacial score (nSPS) is 9.90. The molecule has 0 atom stereocenters. The van der Waals surface area contributed by atoms with Crippen molar-refractivity contribution >= 4 is 39.2 Å². The lowest BCUT2D eigenvalue weighted by Crippen LogP contribution is -2.14. The van der Waals surface area contributed by atoms with E-state index in [1.807, 2.05) is 0 Å². The fourth-order valence-corrected chi connectivity index (χ4v) is 1.79. The first-order valence-electron chi connectivity index (χ1n) is 5.83. The number of halogens is 1. The Morgan fingerprint density at radius 2 is 2.10 bits per heavy atom. The molecule has 0 aliphatic carbocycles. The van der Waals surface area contributed by atoms with Gasteiger partial charge in [0.15, 0.2) is 0 Å². The van der Waals surface area contributed by atoms with E-state index in [0.717, 1.165) is 0 Å². The van der Waals surface area contributed by atoms with E-state index in [2.05, 4.69) is 21.2 Å². The lowest BCUT2D eigenvalue weighted by atomic mass is 10.2. The van der Waals surface area contributed by atoms with Crippen LogP contribution in [0.15, 0.2) is 22.7 Å². The molecule has 1 N–H and O–H groups in total. The lowest BCUT2D eigenvalue weighted by Gasteiger charge is -2.05. The number of carbonyl (C=O) groups is 2. The first-order valence-corrected chi connectivity index (χ1v) is 6.62. The molecule has 0 aliphatic heterocycles. The fourth-order valence-electron chi connectivity index (χ4n) is 1.40. The highest BCUT2D eigenvalue weighted by Gasteiger charge is 2.14. The Labute approximate surface area is 123 Å². The van der Waals surface area contributed by atoms with Crippen molar-refractivity contribution in [3.63, 3.8) is 0 Å². The van der Waals surface area contributed by atoms with E-state index in [1.54, 1.807) is 6.92 Å². The predicted octanol–water partition coefficient (Wildman–Crippen LogP) is 2.64. The minimum Gasteiger partial charge on any atom is -0.466 e. The molecule has 1 aromatic rings. The molecule has 0 bridgehead atoms. The highest BCUT2D eigenvalue weighted by Crippen LogP contribution is 2.27. The van der Waals surface area contributed by atoms with Crippen LogP contribution in [0.5, 0.6) is 0 Å². The Morgan fingerprint density at radius 3 is 2.70 bits per heavy atom. The number of ether oxygens (including phenoxy) is 1. The Morgan fingerprint density at radius 1 is 1.40 bits per heavy atom. The van der Waals surface area contributed by atoms with Crippen LogP contribution in [0.3, 0.4) is 0 Å². The Balaban J connectivity index is 2.60. The number of benzene rings is 1. The van der Waals surface area contributed by atoms with Gasteiger partial charge in [-0.3, -0.25) is 19.7 Å². The molecule has 0 radical (unpaired) electrons. The van der Waals surface area contributed by atoms with Gasteiger partial charge in [0, 0.05) is 18.2 Å². The van der Waals surface area contributed by atoms with Gasteiger partial charge in [0.2, 0.25) is 5.91 Å². The largest absolute Gasteiger partial charge is 0.466 e. The number of amides is 1. The number of nitrogens with zero attached hydrogens (tertiary/aromatic N) is 1. The summed E-state index contributed by atoms with van der Waals surface area (Å²) in [7, 11) is 0. The van der Waals surface area contributed by atoms with Gasteiger partial charge in [-0.15, -0.1) is 0 Å². The Hall–Kier alpha value is -1.96. The van der Waals surface area contributed by atoms with Gasteiger partial charge in [0.05, 0.1) is 22.4 Å². The average Bonchev–Trinajstić information content (AvgIpc) is 2.39. The molecule has 0 aliphatic rings. The van der Waals surface area contributed by atoms with Gasteiger partial charge in [-0.25, -0.2) is 0 Å². The van der Waals surface area contributed by atoms with Gasteiger partial charge in [-0.1, -0.05) is 0 Å². The molecule has 0 aromatic heterocycles. The zero-order chi connectivity index (χ0) is 15.1. The van der Waals surface area contributed by atoms with Crippen molar-refractivity contribution < 1.29 is 19.2 Å². The number of esters is 1. The molecule has 8 heteroatoms. The fraction of sp³-hybridized carbons (Fsp3) is 0.333. The molecule has 20 heavy (non-hydrogen) atoms. The molecular formula is C12H13BrN2O5. The van der Waals surface area contributed by atoms with E-state index in [0.29, 0.717) is 10.2 Å². The number of nitro benzene ring substituents is 1. The zero-order valence-corrected chi connectivity index (χ0v) is 12.3. The van der Waals surface area contributed by atoms with Crippen molar-refractivity contribution in [2.45, 2.75) is 19.8 Å². The van der Waals surface area contributed by atoms with Gasteiger partial charge in [0.25, 0.3) is 5.69 Å². The Kier molecular flexibility index (Phi) is 6.10. The van der Waals surface area contributed by atoms with Crippen molar-refractivity contribution in [2.75, 3.05) is 11.9 Å². The first-order chi connectivity index (χ1) is 9.43. The molecule has 0 fully saturated rings. The molecule has 0 unspecified atom stereocenters. The van der Waals surface area contributed by atoms with Gasteiger partial charge in [-0.05, 0) is 35.0 Å². The second-order valence-electron chi connectivity index (χ2n) is 3.78. The van der Waals surface area contributed by atoms with E-state index < -0.39 is 16.8 Å². The monoisotopic (exact) mass is 344 g/mol. The number of nitrogens with one attached hydrogen (secondary N) is 1. The van der Waals surface area contributed by atoms with Crippen LogP contribution in [0.2, 0.25) is 0 Å². The van der Waals surface area contributed by atoms with E-state index in [1.165, 1.54) is 18.2 Å². The quantitative estimate of drug-likeness (QED) is 0.485. The van der Waals surface area contributed by atoms with Crippen LogP contribution in [0.4, 0.5) is 11.4 Å². The van der Waals surface area contributed by atoms with Crippen LogP contribution in [0.1, 0.15) is 19.8 Å². The summed E-state index contributed by atoms with van der Waals surface area (Å²) in [5.41, 5.74) is 0.155. The topological polar surface area (TPSA) is 98.5 Å². The third-order valence-electron chi connectivity index (χ3n) is 2.29. The van der Waals surface area contributed by atoms with Gasteiger partial charge >= 0.3 is 5.97 Å². The Bertz CT molecular complexity index is 533. The summed E-state index contributed by atoms with van der Waals surface area (Å²) < 4.78 is 5.02. The van der Waals surface area contributed by atoms with Crippen LogP contribution >= 0.6 is 15.9 Å². The number of carbonyl (C=O) groups excluding carboxylic acids is 2. The molecule has 1 aromatic carbocycles. The second kappa shape index (κ2) is 7.59. The maximum atomic E-state index is 11.6. The third-order valence-corrected chi connectivity index (χ3v) is 2.96. The summed E-state index contributed by atoms with van der Waals surface area (Å²) in [4.78, 5) is 32.9. The van der Waals surface area contributed by atoms with E-state index in [9.17, 15) is 19.7 Å². The van der Waals surface area contributed by atoms with E-state index in [-0.39, 0.29) is 25.1 Å². The van der Waals surface area contributed by atoms with Crippen molar-refractivity contribution in [1.29, 1.82) is 0 Å². The molecule has 108 valence electrons. The van der Waals surface area contributed by atoms with Gasteiger partial charge < -0.3 is 10.1 Å². The molecule has 0 heterocycles. The van der Waals surface area contributed by atoms with Crippen molar-refractivity contribution in [3.05, 3.63) is 32.8 Å². The van der Waals surface area contributed by atoms with Crippen LogP contribution in [-0.4, -0.2) is 23.4 Å². The molecule has 0 saturated carbocycles. The van der Waals surface area contributed by atoms with Crippen molar-refractivity contribution in [3.8, 4) is 0 Å². The molecule has 7 nitrogen and oxygen atoms in total. The van der Waals surface area contributed by atoms with Crippen molar-refractivity contribution in [1.82, 2.24) is 0 Å². The maximum absolute atomic E-state index is 11.6. The van der Waals surface area contributed by atoms with Crippen molar-refractivity contribution in [2.24, 2.45) is 0 Å². The molecule has 0 spiro atoms. The lowest BCUT2D eigenvalue weighted by molar-refractivity contribution is -0.385. The number of anilines is 1. The molecular weight excluding hydrogens is 332 g/mol. The van der Waals surface area contributed by atoms with Crippen LogP contribution in [0, 0.1) is 10.1 Å². The van der Waals surface area contributed by atoms with Crippen LogP contribution < -0.4 is 5.32 Å². The smallest absolute Gasteiger partial charge is 0.306 e. The van der Waals surface area contributed by atoms with Gasteiger partial charge in [-0.2, -0.15) is 0 Å². The number of rotatable bonds is 6. The summed E-state index contributed by atoms with van der Waals surface area (Å²) in [6, 6.07) is 4.24. The van der Waals surface area contributed by atoms with E-state index in [4.69, 9.17) is 4.74 Å². The first kappa shape index (κ1) is 16.1. The SMILES string of the molecule is CCOC(=O)CCC(=O)Nc1ccc(Br)c([N+](=O)[O-])c1. The average molecular weight is 345 g/mol. The summed E-state index contributed by atoms with van der Waals surface area (Å²) in [5.74, 6) is -0.862. The summed E-state index contributed by atoms with van der Waals surface area (Å²) in [6.45, 7) is 1.94. The van der Waals surface area contributed by atoms with Crippen LogP contribution in [-0.2, 0) is 14.3 Å². The standard InChI is InChI=1S/C12H13BrN2O5/c1-2-20-12(17)6-5-11(16)14-8-3-4-9(13)10(7-8)15(18)19/h3-4,7H,2,5-6H2,1H3,(H,14,16). The minimum absolute atomic E-state index is 0.0295. The summed E-state index contributed by atoms with van der Waals surface area (Å²) >= 11 is 3.05. The van der Waals surface area contributed by atoms with E-state index >= 15 is 0 Å². The highest BCUT2D eigenvalue weighted by atomic mass is 79.9. The number of hydrogen-bond acceptors (Lipinski definition) is 5. The van der Waals surface area contributed by atoms with Gasteiger partial charge in [0.1, 0.15) is 0 Å². The number of nitro groups is 1. The third kappa shape index (κ3) is 4.96. The van der Waals surface area contributed by atoms with Crippen LogP contribution in [0.25, 0.3) is 0 Å². The minimum atomic E-state index is -0.557. The predicted molar refractivity (Wildman–Crippen MR) is 75.3 cm³/mol. The highest BCUT2D eigenvalue weighted by molar-refractivity contribution is 9.10. The number of hydrogen-bond donors (Lipinski definition) is 1. The summed E-state index contributed by atoms with van der Waals surface area (Å²) in [6.07, 6.45) is -0.0685.